The lowest BCUT2D eigenvalue weighted by atomic mass is 9.54. The minimum absolute atomic E-state index is 0.107. The maximum Gasteiger partial charge on any atom is 0.408 e. The van der Waals surface area contributed by atoms with Crippen LogP contribution in [0, 0.1) is 23.7 Å². The number of nitrogens with zero attached hydrogens (tertiary/aromatic N) is 3. The predicted molar refractivity (Wildman–Crippen MR) is 152 cm³/mol. The zero-order valence-corrected chi connectivity index (χ0v) is 24.6. The average Bonchev–Trinajstić information content (AvgIpc) is 3.57. The second-order valence-corrected chi connectivity index (χ2v) is 13.3. The number of carbonyl (C=O) groups is 1. The molecule has 214 valence electrons. The molecule has 1 aromatic carbocycles. The van der Waals surface area contributed by atoms with E-state index in [1.807, 2.05) is 11.1 Å². The highest BCUT2D eigenvalue weighted by atomic mass is 31.0. The number of amides is 1. The van der Waals surface area contributed by atoms with E-state index < -0.39 is 5.85 Å². The van der Waals surface area contributed by atoms with Gasteiger partial charge < -0.3 is 14.4 Å². The Kier molecular flexibility index (Phi) is 7.73. The monoisotopic (exact) mass is 561 g/mol. The van der Waals surface area contributed by atoms with Gasteiger partial charge in [-0.05, 0) is 110 Å². The fourth-order valence-electron chi connectivity index (χ4n) is 6.64. The molecule has 1 unspecified atom stereocenters. The second kappa shape index (κ2) is 10.6. The minimum atomic E-state index is -3.28. The van der Waals surface area contributed by atoms with Gasteiger partial charge in [-0.25, -0.2) is 0 Å². The first kappa shape index (κ1) is 28.3. The Morgan fingerprint density at radius 2 is 1.85 bits per heavy atom. The third-order valence-electron chi connectivity index (χ3n) is 9.27. The van der Waals surface area contributed by atoms with Crippen molar-refractivity contribution in [3.63, 3.8) is 0 Å². The van der Waals surface area contributed by atoms with Gasteiger partial charge in [0.05, 0.1) is 6.04 Å². The first-order valence-corrected chi connectivity index (χ1v) is 14.8. The molecule has 1 aromatic rings. The summed E-state index contributed by atoms with van der Waals surface area (Å²) in [5.74, 6) is -1.58. The molecule has 4 saturated carbocycles. The van der Waals surface area contributed by atoms with Gasteiger partial charge in [0.2, 0.25) is 5.91 Å². The van der Waals surface area contributed by atoms with Crippen LogP contribution in [-0.2, 0) is 4.79 Å². The van der Waals surface area contributed by atoms with Gasteiger partial charge in [0.1, 0.15) is 17.6 Å². The van der Waals surface area contributed by atoms with E-state index in [0.29, 0.717) is 11.8 Å². The Balaban J connectivity index is 0.000000168. The average molecular weight is 562 g/mol. The number of benzene rings is 1. The third-order valence-corrected chi connectivity index (χ3v) is 9.39. The molecule has 0 radical (unpaired) electrons. The number of aryl methyl sites for hydroxylation is 1. The summed E-state index contributed by atoms with van der Waals surface area (Å²) in [7, 11) is 1.35. The van der Waals surface area contributed by atoms with Crippen LogP contribution in [0.4, 0.5) is 8.78 Å². The van der Waals surface area contributed by atoms with Crippen LogP contribution in [-0.4, -0.2) is 52.6 Å². The highest BCUT2D eigenvalue weighted by Crippen LogP contribution is 2.57. The molecule has 5 fully saturated rings. The van der Waals surface area contributed by atoms with E-state index >= 15 is 0 Å². The zero-order valence-electron chi connectivity index (χ0n) is 23.4. The molecule has 1 atom stereocenters. The van der Waals surface area contributed by atoms with Crippen LogP contribution >= 0.6 is 9.24 Å². The van der Waals surface area contributed by atoms with Gasteiger partial charge in [0.25, 0.3) is 0 Å². The molecular formula is C30H42F2N3O3P. The van der Waals surface area contributed by atoms with Crippen molar-refractivity contribution in [1.29, 1.82) is 0 Å². The molecule has 6 rings (SSSR count). The summed E-state index contributed by atoms with van der Waals surface area (Å²) < 4.78 is 36.1. The summed E-state index contributed by atoms with van der Waals surface area (Å²) in [6, 6.07) is 5.33. The highest BCUT2D eigenvalue weighted by molar-refractivity contribution is 7.17. The number of carbonyl (C=O) groups excluding carboxylic acids is 1. The van der Waals surface area contributed by atoms with E-state index in [2.05, 4.69) is 23.2 Å². The quantitative estimate of drug-likeness (QED) is 0.200. The number of alkyl halides is 2. The number of halogens is 2. The van der Waals surface area contributed by atoms with Crippen molar-refractivity contribution in [2.24, 2.45) is 21.8 Å². The van der Waals surface area contributed by atoms with E-state index in [-0.39, 0.29) is 23.2 Å². The fraction of sp³-hybridized carbons (Fsp3) is 0.667. The van der Waals surface area contributed by atoms with Crippen LogP contribution < -0.4 is 9.47 Å². The molecule has 0 N–H and O–H groups in total. The number of hydrogen-bond acceptors (Lipinski definition) is 5. The molecular weight excluding hydrogens is 519 g/mol. The molecule has 1 saturated heterocycles. The minimum Gasteiger partial charge on any atom is -0.490 e. The number of hydrogen-bond donors (Lipinski definition) is 0. The van der Waals surface area contributed by atoms with Crippen molar-refractivity contribution in [2.75, 3.05) is 13.1 Å². The number of hydrazone groups is 1. The molecule has 9 heteroatoms. The smallest absolute Gasteiger partial charge is 0.408 e. The lowest BCUT2D eigenvalue weighted by molar-refractivity contribution is -0.157. The Morgan fingerprint density at radius 3 is 2.33 bits per heavy atom. The molecule has 0 aromatic heterocycles. The van der Waals surface area contributed by atoms with Crippen LogP contribution in [0.25, 0.3) is 0 Å². The van der Waals surface area contributed by atoms with Crippen molar-refractivity contribution in [1.82, 2.24) is 9.91 Å². The van der Waals surface area contributed by atoms with E-state index in [4.69, 9.17) is 9.84 Å². The summed E-state index contributed by atoms with van der Waals surface area (Å²) in [5, 5.41) is 6.87. The molecule has 39 heavy (non-hydrogen) atoms. The van der Waals surface area contributed by atoms with Gasteiger partial charge in [-0.3, -0.25) is 9.80 Å². The Bertz CT molecular complexity index is 1110. The van der Waals surface area contributed by atoms with Gasteiger partial charge >= 0.3 is 5.85 Å². The first-order chi connectivity index (χ1) is 18.4. The highest BCUT2D eigenvalue weighted by Gasteiger charge is 2.54. The van der Waals surface area contributed by atoms with Crippen LogP contribution in [0.1, 0.15) is 77.2 Å². The predicted octanol–water partition coefficient (Wildman–Crippen LogP) is 6.74. The lowest BCUT2D eigenvalue weighted by Gasteiger charge is -2.58. The Morgan fingerprint density at radius 1 is 1.18 bits per heavy atom. The second-order valence-electron chi connectivity index (χ2n) is 12.6. The molecule has 0 bridgehead atoms. The third kappa shape index (κ3) is 6.58. The van der Waals surface area contributed by atoms with Gasteiger partial charge in [-0.2, -0.15) is 13.9 Å². The fourth-order valence-corrected chi connectivity index (χ4v) is 6.77. The summed E-state index contributed by atoms with van der Waals surface area (Å²) in [6.45, 7) is 11.1. The molecule has 5 aliphatic rings. The number of rotatable bonds is 8. The molecule has 4 aliphatic carbocycles. The molecule has 1 heterocycles. The van der Waals surface area contributed by atoms with Gasteiger partial charge in [-0.15, -0.1) is 0 Å². The van der Waals surface area contributed by atoms with Gasteiger partial charge in [0.15, 0.2) is 0 Å². The van der Waals surface area contributed by atoms with Crippen molar-refractivity contribution < 1.29 is 23.0 Å². The largest absolute Gasteiger partial charge is 0.490 e. The summed E-state index contributed by atoms with van der Waals surface area (Å²) >= 11 is 0. The Labute approximate surface area is 233 Å². The van der Waals surface area contributed by atoms with E-state index in [9.17, 15) is 13.6 Å². The standard InChI is InChI=1S/C16H20F2NO3P.C14H22N2/c1-10-5-12(22-16(17,18)23)3-4-14(10)21-13-6-15(7-13)8-19(9-15)11(2)20;1-3-16(15-11(2)12-5-6-12)13-9-14(10-13)7-4-8-14/h3-5,13H,6-9,23H2,1-2H3;3,12-13H,1,4-10H2,2H3/b;15-11+. The van der Waals surface area contributed by atoms with Crippen molar-refractivity contribution >= 4 is 20.9 Å². The lowest BCUT2D eigenvalue weighted by Crippen LogP contribution is -2.65. The maximum absolute atomic E-state index is 12.8. The zero-order chi connectivity index (χ0) is 28.0. The summed E-state index contributed by atoms with van der Waals surface area (Å²) in [6.07, 6.45) is 13.6. The maximum atomic E-state index is 12.8. The molecule has 6 nitrogen and oxygen atoms in total. The molecule has 2 spiro atoms. The van der Waals surface area contributed by atoms with Gasteiger partial charge in [-0.1, -0.05) is 13.0 Å². The summed E-state index contributed by atoms with van der Waals surface area (Å²) in [4.78, 5) is 13.1. The van der Waals surface area contributed by atoms with Gasteiger partial charge in [0, 0.05) is 37.3 Å². The molecule has 1 amide bonds. The number of likely N-dealkylation sites (tertiary alicyclic amines) is 1. The van der Waals surface area contributed by atoms with Crippen molar-refractivity contribution in [3.05, 3.63) is 36.5 Å². The van der Waals surface area contributed by atoms with Crippen molar-refractivity contribution in [2.45, 2.75) is 96.6 Å². The van der Waals surface area contributed by atoms with E-state index in [1.165, 1.54) is 66.0 Å². The SMILES string of the molecule is C=CN(/N=C(\C)C1CC1)C1CC2(CCC2)C1.CC(=O)N1CC2(CC(Oc3ccc(OC(F)(F)P)cc3C)C2)C1. The van der Waals surface area contributed by atoms with Crippen molar-refractivity contribution in [3.8, 4) is 11.5 Å². The van der Waals surface area contributed by atoms with E-state index in [1.54, 1.807) is 26.0 Å². The van der Waals surface area contributed by atoms with Crippen LogP contribution in [0.5, 0.6) is 11.5 Å². The topological polar surface area (TPSA) is 54.4 Å². The van der Waals surface area contributed by atoms with Crippen LogP contribution in [0.3, 0.4) is 0 Å². The number of ether oxygens (including phenoxy) is 2. The van der Waals surface area contributed by atoms with E-state index in [0.717, 1.165) is 42.8 Å². The first-order valence-electron chi connectivity index (χ1n) is 14.2. The van der Waals surface area contributed by atoms with Crippen LogP contribution in [0.15, 0.2) is 36.1 Å². The molecule has 1 aliphatic heterocycles. The Hall–Kier alpha value is -2.21. The normalized spacial score (nSPS) is 23.4. The van der Waals surface area contributed by atoms with Crippen LogP contribution in [0.2, 0.25) is 0 Å². The summed E-state index contributed by atoms with van der Waals surface area (Å²) in [5.41, 5.74) is 3.04.